The van der Waals surface area contributed by atoms with Crippen molar-refractivity contribution in [3.8, 4) is 5.75 Å². The van der Waals surface area contributed by atoms with Crippen molar-refractivity contribution >= 4 is 11.4 Å². The first-order chi connectivity index (χ1) is 10.5. The van der Waals surface area contributed by atoms with Crippen LogP contribution in [0.4, 0.5) is 11.4 Å². The number of rotatable bonds is 5. The summed E-state index contributed by atoms with van der Waals surface area (Å²) in [5.74, 6) is -0.1000. The summed E-state index contributed by atoms with van der Waals surface area (Å²) in [7, 11) is 0. The maximum absolute atomic E-state index is 10.9. The number of aromatic hydroxyl groups is 1. The molecule has 7 nitrogen and oxygen atoms in total. The van der Waals surface area contributed by atoms with E-state index in [1.807, 2.05) is 0 Å². The van der Waals surface area contributed by atoms with Gasteiger partial charge in [-0.1, -0.05) is 36.9 Å². The van der Waals surface area contributed by atoms with Gasteiger partial charge in [0.15, 0.2) is 5.69 Å². The van der Waals surface area contributed by atoms with Crippen LogP contribution in [0.1, 0.15) is 11.7 Å². The first kappa shape index (κ1) is 15.3. The number of hydrogen-bond donors (Lipinski definition) is 2. The summed E-state index contributed by atoms with van der Waals surface area (Å²) in [4.78, 5) is 10.3. The summed E-state index contributed by atoms with van der Waals surface area (Å²) in [6, 6.07) is 12.0. The second-order valence-electron chi connectivity index (χ2n) is 4.40. The molecule has 7 heteroatoms. The topological polar surface area (TPSA) is 108 Å². The number of nitro benzene ring substituents is 1. The highest BCUT2D eigenvalue weighted by atomic mass is 16.6. The number of para-hydroxylation sites is 2. The van der Waals surface area contributed by atoms with Crippen molar-refractivity contribution < 1.29 is 15.1 Å². The quantitative estimate of drug-likeness (QED) is 0.499. The van der Waals surface area contributed by atoms with Crippen LogP contribution in [0.15, 0.2) is 71.0 Å². The Morgan fingerprint density at radius 3 is 2.50 bits per heavy atom. The van der Waals surface area contributed by atoms with E-state index in [0.717, 1.165) is 0 Å². The Labute approximate surface area is 126 Å². The molecule has 0 amide bonds. The van der Waals surface area contributed by atoms with Crippen molar-refractivity contribution in [2.45, 2.75) is 6.10 Å². The molecule has 0 spiro atoms. The largest absolute Gasteiger partial charge is 0.508 e. The minimum Gasteiger partial charge on any atom is -0.508 e. The number of benzene rings is 2. The summed E-state index contributed by atoms with van der Waals surface area (Å²) in [6.45, 7) is 3.57. The molecule has 0 aliphatic rings. The molecule has 112 valence electrons. The summed E-state index contributed by atoms with van der Waals surface area (Å²) >= 11 is 0. The van der Waals surface area contributed by atoms with Gasteiger partial charge in [-0.15, -0.1) is 5.11 Å². The smallest absolute Gasteiger partial charge is 0.296 e. The van der Waals surface area contributed by atoms with E-state index in [9.17, 15) is 20.3 Å². The van der Waals surface area contributed by atoms with Gasteiger partial charge >= 0.3 is 0 Å². The fourth-order valence-electron chi connectivity index (χ4n) is 1.77. The van der Waals surface area contributed by atoms with Crippen molar-refractivity contribution in [1.29, 1.82) is 0 Å². The third-order valence-electron chi connectivity index (χ3n) is 2.91. The summed E-state index contributed by atoms with van der Waals surface area (Å²) in [5, 5.41) is 38.1. The van der Waals surface area contributed by atoms with Gasteiger partial charge in [-0.2, -0.15) is 5.11 Å². The number of nitrogens with zero attached hydrogens (tertiary/aromatic N) is 3. The lowest BCUT2D eigenvalue weighted by Crippen LogP contribution is -1.98. The van der Waals surface area contributed by atoms with Gasteiger partial charge in [-0.3, -0.25) is 10.1 Å². The van der Waals surface area contributed by atoms with Crippen LogP contribution in [0, 0.1) is 10.1 Å². The van der Waals surface area contributed by atoms with Crippen molar-refractivity contribution in [2.75, 3.05) is 0 Å². The molecule has 0 radical (unpaired) electrons. The number of aliphatic hydroxyl groups excluding tert-OH is 1. The molecule has 2 N–H and O–H groups in total. The van der Waals surface area contributed by atoms with E-state index < -0.39 is 11.0 Å². The Kier molecular flexibility index (Phi) is 4.60. The second kappa shape index (κ2) is 6.59. The number of phenolic OH excluding ortho intramolecular Hbond substituents is 1. The highest BCUT2D eigenvalue weighted by Gasteiger charge is 2.16. The molecule has 1 atom stereocenters. The van der Waals surface area contributed by atoms with Crippen LogP contribution >= 0.6 is 0 Å². The van der Waals surface area contributed by atoms with E-state index in [1.165, 1.54) is 30.3 Å². The fraction of sp³-hybridized carbons (Fsp3) is 0.0667. The highest BCUT2D eigenvalue weighted by Crippen LogP contribution is 2.31. The minimum atomic E-state index is -1.26. The van der Waals surface area contributed by atoms with Crippen molar-refractivity contribution in [2.24, 2.45) is 10.2 Å². The lowest BCUT2D eigenvalue weighted by molar-refractivity contribution is -0.384. The monoisotopic (exact) mass is 299 g/mol. The van der Waals surface area contributed by atoms with Crippen LogP contribution in [-0.2, 0) is 0 Å². The van der Waals surface area contributed by atoms with Gasteiger partial charge in [0.25, 0.3) is 5.69 Å². The molecule has 0 heterocycles. The minimum absolute atomic E-state index is 0.0420. The molecule has 0 aromatic heterocycles. The van der Waals surface area contributed by atoms with Gasteiger partial charge < -0.3 is 10.2 Å². The first-order valence-electron chi connectivity index (χ1n) is 6.30. The van der Waals surface area contributed by atoms with Gasteiger partial charge in [0.1, 0.15) is 11.9 Å². The predicted octanol–water partition coefficient (Wildman–Crippen LogP) is 3.63. The van der Waals surface area contributed by atoms with Gasteiger partial charge in [-0.25, -0.2) is 0 Å². The first-order valence-corrected chi connectivity index (χ1v) is 6.30. The molecule has 0 aliphatic heterocycles. The van der Waals surface area contributed by atoms with Gasteiger partial charge in [-0.05, 0) is 12.1 Å². The molecule has 1 unspecified atom stereocenters. The number of nitro groups is 1. The molecule has 0 fully saturated rings. The zero-order chi connectivity index (χ0) is 16.1. The molecule has 0 bridgehead atoms. The third-order valence-corrected chi connectivity index (χ3v) is 2.91. The van der Waals surface area contributed by atoms with Crippen LogP contribution in [0.25, 0.3) is 0 Å². The van der Waals surface area contributed by atoms with E-state index in [-0.39, 0.29) is 28.4 Å². The van der Waals surface area contributed by atoms with Crippen molar-refractivity contribution in [3.63, 3.8) is 0 Å². The SMILES string of the molecule is C=C(N=Nc1ccccc1[N+](=O)[O-])C(O)c1ccccc1O. The molecule has 2 aromatic carbocycles. The Bertz CT molecular complexity index is 743. The van der Waals surface area contributed by atoms with E-state index in [2.05, 4.69) is 16.8 Å². The number of aliphatic hydroxyl groups is 1. The Morgan fingerprint density at radius 2 is 1.82 bits per heavy atom. The predicted molar refractivity (Wildman–Crippen MR) is 79.8 cm³/mol. The average molecular weight is 299 g/mol. The standard InChI is InChI=1S/C15H13N3O4/c1-10(15(20)11-6-2-5-9-14(11)19)16-17-12-7-3-4-8-13(12)18(21)22/h2-9,15,19-20H,1H2. The van der Waals surface area contributed by atoms with Crippen LogP contribution in [0.5, 0.6) is 5.75 Å². The lowest BCUT2D eigenvalue weighted by Gasteiger charge is -2.11. The zero-order valence-corrected chi connectivity index (χ0v) is 11.5. The average Bonchev–Trinajstić information content (AvgIpc) is 2.52. The van der Waals surface area contributed by atoms with Crippen molar-refractivity contribution in [1.82, 2.24) is 0 Å². The summed E-state index contributed by atoms with van der Waals surface area (Å²) < 4.78 is 0. The van der Waals surface area contributed by atoms with E-state index in [0.29, 0.717) is 0 Å². The fourth-order valence-corrected chi connectivity index (χ4v) is 1.77. The summed E-state index contributed by atoms with van der Waals surface area (Å²) in [5.41, 5.74) is 0.0443. The molecule has 2 aromatic rings. The number of hydrogen-bond acceptors (Lipinski definition) is 6. The number of phenols is 1. The van der Waals surface area contributed by atoms with Gasteiger partial charge in [0.05, 0.1) is 10.6 Å². The van der Waals surface area contributed by atoms with Crippen molar-refractivity contribution in [3.05, 3.63) is 76.5 Å². The Balaban J connectivity index is 2.22. The molecule has 0 saturated carbocycles. The molecule has 0 saturated heterocycles. The Hall–Kier alpha value is -3.06. The van der Waals surface area contributed by atoms with Crippen LogP contribution in [-0.4, -0.2) is 15.1 Å². The van der Waals surface area contributed by atoms with Gasteiger partial charge in [0, 0.05) is 11.6 Å². The number of azo groups is 1. The highest BCUT2D eigenvalue weighted by molar-refractivity contribution is 5.56. The maximum atomic E-state index is 10.9. The van der Waals surface area contributed by atoms with Gasteiger partial charge in [0.2, 0.25) is 0 Å². The lowest BCUT2D eigenvalue weighted by atomic mass is 10.1. The van der Waals surface area contributed by atoms with Crippen LogP contribution in [0.2, 0.25) is 0 Å². The normalized spacial score (nSPS) is 12.2. The van der Waals surface area contributed by atoms with E-state index in [1.54, 1.807) is 18.2 Å². The Morgan fingerprint density at radius 1 is 1.18 bits per heavy atom. The van der Waals surface area contributed by atoms with Crippen LogP contribution in [0.3, 0.4) is 0 Å². The molecular weight excluding hydrogens is 286 g/mol. The third kappa shape index (κ3) is 3.33. The second-order valence-corrected chi connectivity index (χ2v) is 4.40. The summed E-state index contributed by atoms with van der Waals surface area (Å²) in [6.07, 6.45) is -1.26. The molecular formula is C15H13N3O4. The zero-order valence-electron chi connectivity index (χ0n) is 11.5. The molecule has 22 heavy (non-hydrogen) atoms. The van der Waals surface area contributed by atoms with Crippen LogP contribution < -0.4 is 0 Å². The molecule has 0 aliphatic carbocycles. The van der Waals surface area contributed by atoms with E-state index in [4.69, 9.17) is 0 Å². The van der Waals surface area contributed by atoms with E-state index >= 15 is 0 Å². The molecule has 2 rings (SSSR count). The maximum Gasteiger partial charge on any atom is 0.296 e.